The van der Waals surface area contributed by atoms with Crippen LogP contribution in [0.4, 0.5) is 0 Å². The molecule has 2 rings (SSSR count). The average molecular weight is 257 g/mol. The first kappa shape index (κ1) is 13.0. The minimum Gasteiger partial charge on any atom is -0.496 e. The van der Waals surface area contributed by atoms with Gasteiger partial charge in [-0.3, -0.25) is 0 Å². The Balaban J connectivity index is 2.57. The lowest BCUT2D eigenvalue weighted by Crippen LogP contribution is -2.07. The molecule has 0 aliphatic carbocycles. The molecule has 2 aromatic carbocycles. The van der Waals surface area contributed by atoms with Crippen LogP contribution < -0.4 is 9.47 Å². The number of para-hydroxylation sites is 2. The molecular formula is C15H15NO3. The van der Waals surface area contributed by atoms with Gasteiger partial charge in [0.15, 0.2) is 0 Å². The highest BCUT2D eigenvalue weighted by Crippen LogP contribution is 2.26. The second-order valence-electron chi connectivity index (χ2n) is 3.85. The zero-order chi connectivity index (χ0) is 13.7. The Hall–Kier alpha value is -2.49. The van der Waals surface area contributed by atoms with Crippen molar-refractivity contribution in [2.24, 2.45) is 5.16 Å². The highest BCUT2D eigenvalue weighted by atomic mass is 16.5. The summed E-state index contributed by atoms with van der Waals surface area (Å²) in [5, 5.41) is 12.8. The van der Waals surface area contributed by atoms with Gasteiger partial charge in [-0.2, -0.15) is 0 Å². The van der Waals surface area contributed by atoms with Gasteiger partial charge in [-0.1, -0.05) is 29.4 Å². The third kappa shape index (κ3) is 2.52. The molecule has 0 spiro atoms. The normalized spacial score (nSPS) is 9.79. The monoisotopic (exact) mass is 257 g/mol. The minimum atomic E-state index is 0.412. The predicted molar refractivity (Wildman–Crippen MR) is 73.4 cm³/mol. The van der Waals surface area contributed by atoms with Crippen LogP contribution in [0.15, 0.2) is 53.7 Å². The fourth-order valence-corrected chi connectivity index (χ4v) is 1.93. The molecule has 0 aromatic heterocycles. The molecule has 1 N–H and O–H groups in total. The molecule has 0 unspecified atom stereocenters. The first-order valence-corrected chi connectivity index (χ1v) is 5.80. The van der Waals surface area contributed by atoms with Crippen molar-refractivity contribution < 1.29 is 14.7 Å². The van der Waals surface area contributed by atoms with Crippen molar-refractivity contribution in [2.75, 3.05) is 14.2 Å². The summed E-state index contributed by atoms with van der Waals surface area (Å²) >= 11 is 0. The van der Waals surface area contributed by atoms with Crippen LogP contribution in [0.5, 0.6) is 11.5 Å². The van der Waals surface area contributed by atoms with Crippen molar-refractivity contribution in [3.05, 3.63) is 59.7 Å². The maximum Gasteiger partial charge on any atom is 0.128 e. The number of hydrogen-bond acceptors (Lipinski definition) is 4. The van der Waals surface area contributed by atoms with Crippen LogP contribution >= 0.6 is 0 Å². The lowest BCUT2D eigenvalue weighted by atomic mass is 10.0. The first-order valence-electron chi connectivity index (χ1n) is 5.80. The first-order chi connectivity index (χ1) is 9.31. The zero-order valence-corrected chi connectivity index (χ0v) is 10.8. The Bertz CT molecular complexity index is 544. The summed E-state index contributed by atoms with van der Waals surface area (Å²) < 4.78 is 10.6. The Labute approximate surface area is 111 Å². The average Bonchev–Trinajstić information content (AvgIpc) is 2.49. The molecule has 0 radical (unpaired) electrons. The third-order valence-corrected chi connectivity index (χ3v) is 2.82. The van der Waals surface area contributed by atoms with Crippen molar-refractivity contribution in [2.45, 2.75) is 0 Å². The van der Waals surface area contributed by atoms with Gasteiger partial charge in [0.25, 0.3) is 0 Å². The SMILES string of the molecule is COc1ccccc1C(=NO)c1ccccc1OC. The van der Waals surface area contributed by atoms with Gasteiger partial charge in [0.2, 0.25) is 0 Å². The summed E-state index contributed by atoms with van der Waals surface area (Å²) in [6.07, 6.45) is 0. The summed E-state index contributed by atoms with van der Waals surface area (Å²) in [5.74, 6) is 1.28. The Morgan fingerprint density at radius 2 is 1.26 bits per heavy atom. The van der Waals surface area contributed by atoms with Gasteiger partial charge in [0, 0.05) is 11.1 Å². The van der Waals surface area contributed by atoms with E-state index in [9.17, 15) is 5.21 Å². The van der Waals surface area contributed by atoms with Crippen molar-refractivity contribution in [1.29, 1.82) is 0 Å². The van der Waals surface area contributed by atoms with Crippen LogP contribution in [0.2, 0.25) is 0 Å². The van der Waals surface area contributed by atoms with Crippen LogP contribution in [0.3, 0.4) is 0 Å². The summed E-state index contributed by atoms with van der Waals surface area (Å²) in [5.41, 5.74) is 1.82. The van der Waals surface area contributed by atoms with E-state index >= 15 is 0 Å². The second-order valence-corrected chi connectivity index (χ2v) is 3.85. The fraction of sp³-hybridized carbons (Fsp3) is 0.133. The summed E-state index contributed by atoms with van der Waals surface area (Å²) in [7, 11) is 3.16. The maximum atomic E-state index is 9.35. The highest BCUT2D eigenvalue weighted by molar-refractivity contribution is 6.15. The van der Waals surface area contributed by atoms with Gasteiger partial charge in [-0.15, -0.1) is 0 Å². The molecule has 0 fully saturated rings. The Morgan fingerprint density at radius 1 is 0.842 bits per heavy atom. The van der Waals surface area contributed by atoms with E-state index in [0.717, 1.165) is 0 Å². The van der Waals surface area contributed by atoms with E-state index < -0.39 is 0 Å². The Kier molecular flexibility index (Phi) is 4.03. The second kappa shape index (κ2) is 5.91. The van der Waals surface area contributed by atoms with Gasteiger partial charge in [0.1, 0.15) is 17.2 Å². The number of hydrogen-bond donors (Lipinski definition) is 1. The lowest BCUT2D eigenvalue weighted by Gasteiger charge is -2.12. The van der Waals surface area contributed by atoms with Gasteiger partial charge < -0.3 is 14.7 Å². The molecule has 98 valence electrons. The number of benzene rings is 2. The molecule has 0 amide bonds. The van der Waals surface area contributed by atoms with Crippen molar-refractivity contribution in [3.8, 4) is 11.5 Å². The molecule has 0 saturated carbocycles. The maximum absolute atomic E-state index is 9.35. The van der Waals surface area contributed by atoms with E-state index in [1.54, 1.807) is 14.2 Å². The van der Waals surface area contributed by atoms with Gasteiger partial charge in [-0.05, 0) is 24.3 Å². The van der Waals surface area contributed by atoms with Gasteiger partial charge >= 0.3 is 0 Å². The van der Waals surface area contributed by atoms with Crippen LogP contribution in [0.25, 0.3) is 0 Å². The highest BCUT2D eigenvalue weighted by Gasteiger charge is 2.16. The topological polar surface area (TPSA) is 51.0 Å². The summed E-state index contributed by atoms with van der Waals surface area (Å²) in [6.45, 7) is 0. The number of methoxy groups -OCH3 is 2. The molecule has 0 saturated heterocycles. The molecule has 0 heterocycles. The lowest BCUT2D eigenvalue weighted by molar-refractivity contribution is 0.319. The molecule has 0 aliphatic heterocycles. The van der Waals surface area contributed by atoms with Gasteiger partial charge in [0.05, 0.1) is 14.2 Å². The quantitative estimate of drug-likeness (QED) is 0.520. The van der Waals surface area contributed by atoms with Crippen LogP contribution in [-0.2, 0) is 0 Å². The number of ether oxygens (including phenoxy) is 2. The number of oxime groups is 1. The standard InChI is InChI=1S/C15H15NO3/c1-18-13-9-5-3-7-11(13)15(16-17)12-8-4-6-10-14(12)19-2/h3-10,17H,1-2H3. The molecule has 19 heavy (non-hydrogen) atoms. The molecule has 4 nitrogen and oxygen atoms in total. The van der Waals surface area contributed by atoms with E-state index in [0.29, 0.717) is 28.3 Å². The van der Waals surface area contributed by atoms with E-state index in [4.69, 9.17) is 9.47 Å². The minimum absolute atomic E-state index is 0.412. The number of rotatable bonds is 4. The van der Waals surface area contributed by atoms with Crippen molar-refractivity contribution in [3.63, 3.8) is 0 Å². The fourth-order valence-electron chi connectivity index (χ4n) is 1.93. The Morgan fingerprint density at radius 3 is 1.63 bits per heavy atom. The van der Waals surface area contributed by atoms with Gasteiger partial charge in [-0.25, -0.2) is 0 Å². The molecular weight excluding hydrogens is 242 g/mol. The number of nitrogens with zero attached hydrogens (tertiary/aromatic N) is 1. The van der Waals surface area contributed by atoms with E-state index in [2.05, 4.69) is 5.16 Å². The predicted octanol–water partition coefficient (Wildman–Crippen LogP) is 2.93. The zero-order valence-electron chi connectivity index (χ0n) is 10.8. The van der Waals surface area contributed by atoms with E-state index in [-0.39, 0.29) is 0 Å². The summed E-state index contributed by atoms with van der Waals surface area (Å²) in [6, 6.07) is 14.7. The molecule has 2 aromatic rings. The van der Waals surface area contributed by atoms with Crippen LogP contribution in [0.1, 0.15) is 11.1 Å². The molecule has 0 aliphatic rings. The molecule has 4 heteroatoms. The molecule has 0 atom stereocenters. The summed E-state index contributed by atoms with van der Waals surface area (Å²) in [4.78, 5) is 0. The van der Waals surface area contributed by atoms with Crippen molar-refractivity contribution in [1.82, 2.24) is 0 Å². The smallest absolute Gasteiger partial charge is 0.128 e. The van der Waals surface area contributed by atoms with Crippen LogP contribution in [-0.4, -0.2) is 25.1 Å². The van der Waals surface area contributed by atoms with Crippen LogP contribution in [0, 0.1) is 0 Å². The largest absolute Gasteiger partial charge is 0.496 e. The van der Waals surface area contributed by atoms with Crippen molar-refractivity contribution >= 4 is 5.71 Å². The third-order valence-electron chi connectivity index (χ3n) is 2.82. The van der Waals surface area contributed by atoms with E-state index in [1.807, 2.05) is 48.5 Å². The molecule has 0 bridgehead atoms. The van der Waals surface area contributed by atoms with E-state index in [1.165, 1.54) is 0 Å².